The summed E-state index contributed by atoms with van der Waals surface area (Å²) in [5.41, 5.74) is 8.91. The number of nitrogens with one attached hydrogen (secondary N) is 1. The second kappa shape index (κ2) is 5.19. The molecule has 0 bridgehead atoms. The molecule has 0 amide bonds. The zero-order chi connectivity index (χ0) is 12.3. The van der Waals surface area contributed by atoms with E-state index in [2.05, 4.69) is 43.4 Å². The van der Waals surface area contributed by atoms with E-state index in [1.54, 1.807) is 0 Å². The molecule has 1 aliphatic rings. The Morgan fingerprint density at radius 2 is 2.24 bits per heavy atom. The first kappa shape index (κ1) is 12.6. The number of rotatable bonds is 4. The molecule has 0 aromatic heterocycles. The van der Waals surface area contributed by atoms with Crippen LogP contribution in [0, 0.1) is 5.41 Å². The van der Waals surface area contributed by atoms with Crippen LogP contribution in [0.1, 0.15) is 37.3 Å². The van der Waals surface area contributed by atoms with Gasteiger partial charge in [0.05, 0.1) is 0 Å². The van der Waals surface area contributed by atoms with Gasteiger partial charge in [-0.1, -0.05) is 38.1 Å². The van der Waals surface area contributed by atoms with Crippen LogP contribution in [0.2, 0.25) is 0 Å². The van der Waals surface area contributed by atoms with Crippen molar-refractivity contribution in [3.8, 4) is 0 Å². The van der Waals surface area contributed by atoms with Crippen molar-refractivity contribution in [3.63, 3.8) is 0 Å². The minimum Gasteiger partial charge on any atom is -0.330 e. The van der Waals surface area contributed by atoms with E-state index in [0.29, 0.717) is 5.92 Å². The average Bonchev–Trinajstić information content (AvgIpc) is 2.82. The van der Waals surface area contributed by atoms with Gasteiger partial charge in [0.1, 0.15) is 0 Å². The zero-order valence-corrected chi connectivity index (χ0v) is 11.0. The molecule has 1 fully saturated rings. The van der Waals surface area contributed by atoms with Gasteiger partial charge in [-0.3, -0.25) is 0 Å². The summed E-state index contributed by atoms with van der Waals surface area (Å²) in [7, 11) is 0. The van der Waals surface area contributed by atoms with Gasteiger partial charge < -0.3 is 11.1 Å². The number of nitrogens with two attached hydrogens (primary N) is 1. The molecule has 1 saturated heterocycles. The maximum absolute atomic E-state index is 5.80. The van der Waals surface area contributed by atoms with Crippen LogP contribution in [-0.2, 0) is 6.42 Å². The van der Waals surface area contributed by atoms with Gasteiger partial charge in [0.2, 0.25) is 0 Å². The molecule has 1 heterocycles. The molecule has 1 aliphatic heterocycles. The van der Waals surface area contributed by atoms with E-state index in [0.717, 1.165) is 26.1 Å². The van der Waals surface area contributed by atoms with Gasteiger partial charge in [0.15, 0.2) is 0 Å². The van der Waals surface area contributed by atoms with Crippen molar-refractivity contribution in [1.29, 1.82) is 0 Å². The highest BCUT2D eigenvalue weighted by molar-refractivity contribution is 5.28. The highest BCUT2D eigenvalue weighted by Crippen LogP contribution is 2.26. The summed E-state index contributed by atoms with van der Waals surface area (Å²) >= 11 is 0. The zero-order valence-electron chi connectivity index (χ0n) is 11.0. The predicted molar refractivity (Wildman–Crippen MR) is 73.2 cm³/mol. The molecule has 2 heteroatoms. The second-order valence-corrected chi connectivity index (χ2v) is 5.98. The molecule has 0 spiro atoms. The Bertz CT molecular complexity index is 365. The molecular formula is C15H24N2. The molecule has 3 N–H and O–H groups in total. The summed E-state index contributed by atoms with van der Waals surface area (Å²) in [6.07, 6.45) is 2.33. The van der Waals surface area contributed by atoms with E-state index in [9.17, 15) is 0 Å². The summed E-state index contributed by atoms with van der Waals surface area (Å²) < 4.78 is 0. The van der Waals surface area contributed by atoms with Crippen LogP contribution in [0.4, 0.5) is 0 Å². The largest absolute Gasteiger partial charge is 0.330 e. The van der Waals surface area contributed by atoms with Gasteiger partial charge in [-0.05, 0) is 48.4 Å². The van der Waals surface area contributed by atoms with Crippen LogP contribution in [0.5, 0.6) is 0 Å². The smallest absolute Gasteiger partial charge is 0.00206 e. The molecule has 1 atom stereocenters. The minimum absolute atomic E-state index is 0.201. The molecule has 2 rings (SSSR count). The lowest BCUT2D eigenvalue weighted by Gasteiger charge is -2.23. The Balaban J connectivity index is 2.11. The second-order valence-electron chi connectivity index (χ2n) is 5.98. The summed E-state index contributed by atoms with van der Waals surface area (Å²) in [4.78, 5) is 0. The third kappa shape index (κ3) is 3.30. The van der Waals surface area contributed by atoms with E-state index in [1.165, 1.54) is 17.5 Å². The van der Waals surface area contributed by atoms with Crippen molar-refractivity contribution in [2.75, 3.05) is 19.6 Å². The van der Waals surface area contributed by atoms with Crippen molar-refractivity contribution in [2.24, 2.45) is 11.1 Å². The normalized spacial score (nSPS) is 20.8. The Kier molecular flexibility index (Phi) is 3.85. The lowest BCUT2D eigenvalue weighted by molar-refractivity contribution is 0.376. The van der Waals surface area contributed by atoms with E-state index < -0.39 is 0 Å². The first-order valence-corrected chi connectivity index (χ1v) is 6.60. The maximum Gasteiger partial charge on any atom is 0.00206 e. The highest BCUT2D eigenvalue weighted by atomic mass is 14.9. The molecule has 1 aromatic rings. The molecule has 94 valence electrons. The van der Waals surface area contributed by atoms with Crippen molar-refractivity contribution >= 4 is 0 Å². The van der Waals surface area contributed by atoms with Crippen LogP contribution < -0.4 is 11.1 Å². The lowest BCUT2D eigenvalue weighted by atomic mass is 9.84. The molecule has 1 unspecified atom stereocenters. The maximum atomic E-state index is 5.80. The van der Waals surface area contributed by atoms with Gasteiger partial charge in [-0.25, -0.2) is 0 Å². The highest BCUT2D eigenvalue weighted by Gasteiger charge is 2.19. The predicted octanol–water partition coefficient (Wildman–Crippen LogP) is 2.29. The molecular weight excluding hydrogens is 208 g/mol. The molecule has 17 heavy (non-hydrogen) atoms. The van der Waals surface area contributed by atoms with Crippen LogP contribution in [-0.4, -0.2) is 19.6 Å². The average molecular weight is 232 g/mol. The Labute approximate surface area is 105 Å². The molecule has 0 saturated carbocycles. The van der Waals surface area contributed by atoms with Gasteiger partial charge in [0.25, 0.3) is 0 Å². The third-order valence-electron chi connectivity index (χ3n) is 3.72. The fraction of sp³-hybridized carbons (Fsp3) is 0.600. The van der Waals surface area contributed by atoms with Crippen molar-refractivity contribution in [3.05, 3.63) is 35.4 Å². The topological polar surface area (TPSA) is 38.0 Å². The fourth-order valence-corrected chi connectivity index (χ4v) is 2.52. The minimum atomic E-state index is 0.201. The van der Waals surface area contributed by atoms with Gasteiger partial charge in [-0.15, -0.1) is 0 Å². The summed E-state index contributed by atoms with van der Waals surface area (Å²) in [6, 6.07) is 9.05. The van der Waals surface area contributed by atoms with E-state index >= 15 is 0 Å². The standard InChI is InChI=1S/C15H24N2/c1-15(2,11-16)9-12-4-3-5-13(8-12)14-6-7-17-10-14/h3-5,8,14,17H,6-7,9-11,16H2,1-2H3. The van der Waals surface area contributed by atoms with Gasteiger partial charge in [0, 0.05) is 6.54 Å². The van der Waals surface area contributed by atoms with Crippen LogP contribution in [0.25, 0.3) is 0 Å². The van der Waals surface area contributed by atoms with Gasteiger partial charge >= 0.3 is 0 Å². The Morgan fingerprint density at radius 1 is 1.41 bits per heavy atom. The van der Waals surface area contributed by atoms with Crippen molar-refractivity contribution in [2.45, 2.75) is 32.6 Å². The molecule has 0 radical (unpaired) electrons. The Hall–Kier alpha value is -0.860. The first-order valence-electron chi connectivity index (χ1n) is 6.60. The quantitative estimate of drug-likeness (QED) is 0.836. The van der Waals surface area contributed by atoms with E-state index in [1.807, 2.05) is 0 Å². The lowest BCUT2D eigenvalue weighted by Crippen LogP contribution is -2.25. The van der Waals surface area contributed by atoms with Crippen molar-refractivity contribution in [1.82, 2.24) is 5.32 Å². The monoisotopic (exact) mass is 232 g/mol. The number of hydrogen-bond acceptors (Lipinski definition) is 2. The first-order chi connectivity index (χ1) is 8.11. The number of benzene rings is 1. The van der Waals surface area contributed by atoms with Crippen molar-refractivity contribution < 1.29 is 0 Å². The van der Waals surface area contributed by atoms with Crippen LogP contribution in [0.15, 0.2) is 24.3 Å². The summed E-state index contributed by atoms with van der Waals surface area (Å²) in [6.45, 7) is 7.49. The molecule has 1 aromatic carbocycles. The summed E-state index contributed by atoms with van der Waals surface area (Å²) in [5.74, 6) is 0.705. The van der Waals surface area contributed by atoms with Crippen LogP contribution in [0.3, 0.4) is 0 Å². The SMILES string of the molecule is CC(C)(CN)Cc1cccc(C2CCNC2)c1. The Morgan fingerprint density at radius 3 is 2.88 bits per heavy atom. The third-order valence-corrected chi connectivity index (χ3v) is 3.72. The van der Waals surface area contributed by atoms with Gasteiger partial charge in [-0.2, -0.15) is 0 Å². The van der Waals surface area contributed by atoms with E-state index in [4.69, 9.17) is 5.73 Å². The molecule has 2 nitrogen and oxygen atoms in total. The van der Waals surface area contributed by atoms with E-state index in [-0.39, 0.29) is 5.41 Å². The number of hydrogen-bond donors (Lipinski definition) is 2. The van der Waals surface area contributed by atoms with Crippen LogP contribution >= 0.6 is 0 Å². The fourth-order valence-electron chi connectivity index (χ4n) is 2.52. The molecule has 0 aliphatic carbocycles. The summed E-state index contributed by atoms with van der Waals surface area (Å²) in [5, 5.41) is 3.43.